The van der Waals surface area contributed by atoms with Gasteiger partial charge in [0.05, 0.1) is 11.7 Å². The van der Waals surface area contributed by atoms with E-state index >= 15 is 0 Å². The number of benzene rings is 2. The fourth-order valence-corrected chi connectivity index (χ4v) is 2.55. The van der Waals surface area contributed by atoms with Gasteiger partial charge in [0.15, 0.2) is 0 Å². The van der Waals surface area contributed by atoms with Gasteiger partial charge in [-0.2, -0.15) is 0 Å². The van der Waals surface area contributed by atoms with Crippen LogP contribution in [-0.2, 0) is 6.42 Å². The number of hydrogen-bond acceptors (Lipinski definition) is 2. The Balaban J connectivity index is 1.87. The molecule has 1 unspecified atom stereocenters. The van der Waals surface area contributed by atoms with Gasteiger partial charge >= 0.3 is 0 Å². The lowest BCUT2D eigenvalue weighted by Crippen LogP contribution is -2.08. The Bertz CT molecular complexity index is 580. The molecule has 0 bridgehead atoms. The smallest absolute Gasteiger partial charge is 0.146 e. The summed E-state index contributed by atoms with van der Waals surface area (Å²) in [6.07, 6.45) is 1.97. The molecule has 0 aromatic heterocycles. The third-order valence-electron chi connectivity index (χ3n) is 3.45. The van der Waals surface area contributed by atoms with E-state index in [1.54, 1.807) is 12.1 Å². The van der Waals surface area contributed by atoms with Gasteiger partial charge in [0.25, 0.3) is 0 Å². The van der Waals surface area contributed by atoms with Crippen molar-refractivity contribution in [1.29, 1.82) is 0 Å². The quantitative estimate of drug-likeness (QED) is 0.791. The van der Waals surface area contributed by atoms with Crippen LogP contribution in [0.5, 0.6) is 0 Å². The number of nitrogens with one attached hydrogen (secondary N) is 1. The van der Waals surface area contributed by atoms with Gasteiger partial charge in [-0.25, -0.2) is 4.39 Å². The lowest BCUT2D eigenvalue weighted by Gasteiger charge is -2.16. The van der Waals surface area contributed by atoms with Gasteiger partial charge in [0.2, 0.25) is 0 Å². The van der Waals surface area contributed by atoms with E-state index in [-0.39, 0.29) is 11.9 Å². The summed E-state index contributed by atoms with van der Waals surface area (Å²) in [4.78, 5) is 0. The van der Waals surface area contributed by atoms with E-state index in [1.165, 1.54) is 17.2 Å². The first-order chi connectivity index (χ1) is 8.74. The second-order valence-electron chi connectivity index (χ2n) is 4.67. The Morgan fingerprint density at radius 3 is 2.83 bits per heavy atom. The standard InChI is InChI=1S/C15H15FN2/c16-13-3-1-2-4-15(13)18-14-8-5-10-9-11(17)6-7-12(10)14/h1-4,6-7,9,14,18H,5,8,17H2. The molecule has 3 N–H and O–H groups in total. The highest BCUT2D eigenvalue weighted by atomic mass is 19.1. The van der Waals surface area contributed by atoms with Crippen LogP contribution < -0.4 is 11.1 Å². The lowest BCUT2D eigenvalue weighted by atomic mass is 10.1. The zero-order valence-electron chi connectivity index (χ0n) is 9.99. The van der Waals surface area contributed by atoms with Gasteiger partial charge in [0.1, 0.15) is 5.82 Å². The van der Waals surface area contributed by atoms with E-state index in [9.17, 15) is 4.39 Å². The maximum Gasteiger partial charge on any atom is 0.146 e. The van der Waals surface area contributed by atoms with Gasteiger partial charge in [0, 0.05) is 5.69 Å². The Labute approximate surface area is 106 Å². The number of nitrogens with two attached hydrogens (primary N) is 1. The molecular weight excluding hydrogens is 227 g/mol. The molecule has 18 heavy (non-hydrogen) atoms. The summed E-state index contributed by atoms with van der Waals surface area (Å²) >= 11 is 0. The van der Waals surface area contributed by atoms with Crippen molar-refractivity contribution in [2.75, 3.05) is 11.1 Å². The molecule has 2 aromatic carbocycles. The minimum absolute atomic E-state index is 0.178. The SMILES string of the molecule is Nc1ccc2c(c1)CCC2Nc1ccccc1F. The summed E-state index contributed by atoms with van der Waals surface area (Å²) in [5, 5.41) is 3.27. The maximum absolute atomic E-state index is 13.6. The Morgan fingerprint density at radius 2 is 2.00 bits per heavy atom. The van der Waals surface area contributed by atoms with E-state index in [4.69, 9.17) is 5.73 Å². The number of para-hydroxylation sites is 1. The fraction of sp³-hybridized carbons (Fsp3) is 0.200. The van der Waals surface area contributed by atoms with Crippen LogP contribution in [0.2, 0.25) is 0 Å². The van der Waals surface area contributed by atoms with Crippen LogP contribution in [0.1, 0.15) is 23.6 Å². The van der Waals surface area contributed by atoms with Crippen molar-refractivity contribution in [3.05, 3.63) is 59.4 Å². The molecule has 92 valence electrons. The molecule has 2 aromatic rings. The van der Waals surface area contributed by atoms with Crippen LogP contribution in [0.15, 0.2) is 42.5 Å². The summed E-state index contributed by atoms with van der Waals surface area (Å²) < 4.78 is 13.6. The van der Waals surface area contributed by atoms with E-state index in [2.05, 4.69) is 5.32 Å². The molecule has 0 radical (unpaired) electrons. The van der Waals surface area contributed by atoms with Crippen molar-refractivity contribution in [2.45, 2.75) is 18.9 Å². The first-order valence-corrected chi connectivity index (χ1v) is 6.13. The highest BCUT2D eigenvalue weighted by molar-refractivity contribution is 5.52. The number of halogens is 1. The van der Waals surface area contributed by atoms with Crippen molar-refractivity contribution in [3.8, 4) is 0 Å². The molecule has 3 heteroatoms. The number of fused-ring (bicyclic) bond motifs is 1. The van der Waals surface area contributed by atoms with E-state index in [0.717, 1.165) is 18.5 Å². The predicted octanol–water partition coefficient (Wildman–Crippen LogP) is 3.51. The minimum atomic E-state index is -0.207. The van der Waals surface area contributed by atoms with Crippen molar-refractivity contribution >= 4 is 11.4 Å². The van der Waals surface area contributed by atoms with E-state index in [1.807, 2.05) is 24.3 Å². The number of aryl methyl sites for hydroxylation is 1. The summed E-state index contributed by atoms with van der Waals surface area (Å²) in [5.74, 6) is -0.207. The highest BCUT2D eigenvalue weighted by Gasteiger charge is 2.22. The van der Waals surface area contributed by atoms with Crippen LogP contribution in [-0.4, -0.2) is 0 Å². The van der Waals surface area contributed by atoms with Gasteiger partial charge in [-0.1, -0.05) is 18.2 Å². The monoisotopic (exact) mass is 242 g/mol. The van der Waals surface area contributed by atoms with E-state index < -0.39 is 0 Å². The molecule has 1 aliphatic carbocycles. The summed E-state index contributed by atoms with van der Waals surface area (Å²) in [7, 11) is 0. The zero-order valence-corrected chi connectivity index (χ0v) is 9.99. The molecule has 0 fully saturated rings. The van der Waals surface area contributed by atoms with Gasteiger partial charge in [-0.15, -0.1) is 0 Å². The average Bonchev–Trinajstić information content (AvgIpc) is 2.74. The summed E-state index contributed by atoms with van der Waals surface area (Å²) in [6, 6.07) is 12.9. The van der Waals surface area contributed by atoms with Crippen molar-refractivity contribution in [2.24, 2.45) is 0 Å². The number of anilines is 2. The van der Waals surface area contributed by atoms with E-state index in [0.29, 0.717) is 5.69 Å². The van der Waals surface area contributed by atoms with Crippen molar-refractivity contribution in [1.82, 2.24) is 0 Å². The molecule has 1 aliphatic rings. The normalized spacial score (nSPS) is 17.5. The average molecular weight is 242 g/mol. The van der Waals surface area contributed by atoms with Crippen LogP contribution in [0.4, 0.5) is 15.8 Å². The van der Waals surface area contributed by atoms with Gasteiger partial charge < -0.3 is 11.1 Å². The molecule has 1 atom stereocenters. The Kier molecular flexibility index (Phi) is 2.67. The van der Waals surface area contributed by atoms with Crippen LogP contribution >= 0.6 is 0 Å². The molecule has 0 aliphatic heterocycles. The third-order valence-corrected chi connectivity index (χ3v) is 3.45. The number of hydrogen-bond donors (Lipinski definition) is 2. The second-order valence-corrected chi connectivity index (χ2v) is 4.67. The third kappa shape index (κ3) is 1.92. The molecule has 3 rings (SSSR count). The van der Waals surface area contributed by atoms with Crippen molar-refractivity contribution in [3.63, 3.8) is 0 Å². The lowest BCUT2D eigenvalue weighted by molar-refractivity contribution is 0.625. The van der Waals surface area contributed by atoms with Gasteiger partial charge in [-0.3, -0.25) is 0 Å². The van der Waals surface area contributed by atoms with Crippen LogP contribution in [0.3, 0.4) is 0 Å². The van der Waals surface area contributed by atoms with Gasteiger partial charge in [-0.05, 0) is 48.2 Å². The molecule has 0 saturated heterocycles. The molecular formula is C15H15FN2. The first-order valence-electron chi connectivity index (χ1n) is 6.13. The van der Waals surface area contributed by atoms with Crippen molar-refractivity contribution < 1.29 is 4.39 Å². The zero-order chi connectivity index (χ0) is 12.5. The first kappa shape index (κ1) is 11.1. The molecule has 0 heterocycles. The maximum atomic E-state index is 13.6. The molecule has 0 spiro atoms. The summed E-state index contributed by atoms with van der Waals surface area (Å²) in [6.45, 7) is 0. The molecule has 2 nitrogen and oxygen atoms in total. The molecule has 0 amide bonds. The minimum Gasteiger partial charge on any atom is -0.399 e. The Hall–Kier alpha value is -2.03. The second kappa shape index (κ2) is 4.33. The molecule has 0 saturated carbocycles. The fourth-order valence-electron chi connectivity index (χ4n) is 2.55. The highest BCUT2D eigenvalue weighted by Crippen LogP contribution is 2.35. The van der Waals surface area contributed by atoms with Crippen LogP contribution in [0.25, 0.3) is 0 Å². The summed E-state index contributed by atoms with van der Waals surface area (Å²) in [5.41, 5.74) is 9.62. The number of rotatable bonds is 2. The Morgan fingerprint density at radius 1 is 1.17 bits per heavy atom. The predicted molar refractivity (Wildman–Crippen MR) is 71.9 cm³/mol. The van der Waals surface area contributed by atoms with Crippen LogP contribution in [0, 0.1) is 5.82 Å². The topological polar surface area (TPSA) is 38.0 Å². The number of nitrogen functional groups attached to an aromatic ring is 1. The largest absolute Gasteiger partial charge is 0.399 e.